The van der Waals surface area contributed by atoms with Gasteiger partial charge in [-0.2, -0.15) is 5.26 Å². The lowest BCUT2D eigenvalue weighted by molar-refractivity contribution is -0.116. The fraction of sp³-hybridized carbons (Fsp3) is 0.200. The van der Waals surface area contributed by atoms with Gasteiger partial charge < -0.3 is 14.8 Å². The maximum absolute atomic E-state index is 11.7. The van der Waals surface area contributed by atoms with Gasteiger partial charge in [0.1, 0.15) is 11.6 Å². The number of carbonyl (C=O) groups is 1. The van der Waals surface area contributed by atoms with Crippen LogP contribution in [0.25, 0.3) is 6.08 Å². The summed E-state index contributed by atoms with van der Waals surface area (Å²) < 4.78 is 10.3. The number of methoxy groups -OCH3 is 2. The summed E-state index contributed by atoms with van der Waals surface area (Å²) in [5.74, 6) is 0.673. The average molecular weight is 272 g/mol. The van der Waals surface area contributed by atoms with Crippen LogP contribution < -0.4 is 14.8 Å². The Balaban J connectivity index is 3.04. The molecule has 5 heteroatoms. The van der Waals surface area contributed by atoms with Crippen LogP contribution in [0.3, 0.4) is 0 Å². The minimum absolute atomic E-state index is 0.0130. The topological polar surface area (TPSA) is 71.4 Å². The lowest BCUT2D eigenvalue weighted by Crippen LogP contribution is -2.24. The first-order valence-electron chi connectivity index (χ1n) is 5.89. The van der Waals surface area contributed by atoms with E-state index in [4.69, 9.17) is 14.7 Å². The smallest absolute Gasteiger partial charge is 0.262 e. The van der Waals surface area contributed by atoms with Gasteiger partial charge in [0.25, 0.3) is 5.91 Å². The normalized spacial score (nSPS) is 10.3. The van der Waals surface area contributed by atoms with Gasteiger partial charge in [-0.3, -0.25) is 4.79 Å². The zero-order valence-corrected chi connectivity index (χ0v) is 11.5. The van der Waals surface area contributed by atoms with E-state index in [9.17, 15) is 4.79 Å². The summed E-state index contributed by atoms with van der Waals surface area (Å²) in [6, 6.07) is 7.00. The number of nitrogens with one attached hydrogen (secondary N) is 1. The monoisotopic (exact) mass is 272 g/mol. The molecule has 0 radical (unpaired) electrons. The number of carbonyl (C=O) groups excluding carboxylic acids is 1. The predicted octanol–water partition coefficient (Wildman–Crippen LogP) is 1.91. The lowest BCUT2D eigenvalue weighted by Gasteiger charge is -2.08. The Kier molecular flexibility index (Phi) is 5.85. The van der Waals surface area contributed by atoms with E-state index in [-0.39, 0.29) is 5.57 Å². The predicted molar refractivity (Wildman–Crippen MR) is 76.3 cm³/mol. The second kappa shape index (κ2) is 7.64. The maximum Gasteiger partial charge on any atom is 0.262 e. The van der Waals surface area contributed by atoms with Gasteiger partial charge in [-0.05, 0) is 23.8 Å². The third-order valence-corrected chi connectivity index (χ3v) is 2.49. The summed E-state index contributed by atoms with van der Waals surface area (Å²) in [6.07, 6.45) is 3.03. The molecule has 1 N–H and O–H groups in total. The Hall–Kier alpha value is -2.74. The molecule has 0 atom stereocenters. The zero-order chi connectivity index (χ0) is 15.0. The Bertz CT molecular complexity index is 571. The van der Waals surface area contributed by atoms with Crippen molar-refractivity contribution in [3.05, 3.63) is 42.0 Å². The number of rotatable bonds is 6. The molecule has 20 heavy (non-hydrogen) atoms. The van der Waals surface area contributed by atoms with Gasteiger partial charge in [-0.15, -0.1) is 6.58 Å². The van der Waals surface area contributed by atoms with Crippen LogP contribution in [-0.4, -0.2) is 26.7 Å². The molecule has 0 aromatic heterocycles. The van der Waals surface area contributed by atoms with Crippen LogP contribution in [0.2, 0.25) is 0 Å². The van der Waals surface area contributed by atoms with Gasteiger partial charge in [0.2, 0.25) is 0 Å². The van der Waals surface area contributed by atoms with E-state index in [2.05, 4.69) is 11.9 Å². The van der Waals surface area contributed by atoms with Gasteiger partial charge in [0.05, 0.1) is 14.2 Å². The Morgan fingerprint density at radius 1 is 1.40 bits per heavy atom. The van der Waals surface area contributed by atoms with Crippen LogP contribution in [0.4, 0.5) is 0 Å². The molecule has 0 aliphatic heterocycles. The highest BCUT2D eigenvalue weighted by Crippen LogP contribution is 2.28. The van der Waals surface area contributed by atoms with E-state index in [0.29, 0.717) is 23.6 Å². The quantitative estimate of drug-likeness (QED) is 0.488. The summed E-state index contributed by atoms with van der Waals surface area (Å²) >= 11 is 0. The summed E-state index contributed by atoms with van der Waals surface area (Å²) in [6.45, 7) is 3.81. The number of nitrogens with zero attached hydrogens (tertiary/aromatic N) is 1. The Morgan fingerprint density at radius 3 is 2.65 bits per heavy atom. The molecule has 0 heterocycles. The summed E-state index contributed by atoms with van der Waals surface area (Å²) in [7, 11) is 3.06. The van der Waals surface area contributed by atoms with Gasteiger partial charge in [0.15, 0.2) is 11.5 Å². The standard InChI is InChI=1S/C15H16N2O3/c1-4-7-17-15(18)12(10-16)8-11-5-6-13(19-2)14(9-11)20-3/h4-6,8-9H,1,7H2,2-3H3,(H,17,18)/b12-8+. The molecule has 0 saturated carbocycles. The Morgan fingerprint density at radius 2 is 2.10 bits per heavy atom. The third kappa shape index (κ3) is 3.89. The molecule has 5 nitrogen and oxygen atoms in total. The molecule has 0 aliphatic carbocycles. The molecule has 0 aliphatic rings. The van der Waals surface area contributed by atoms with Crippen molar-refractivity contribution < 1.29 is 14.3 Å². The molecular formula is C15H16N2O3. The Labute approximate surface area is 118 Å². The minimum atomic E-state index is -0.442. The highest BCUT2D eigenvalue weighted by Gasteiger charge is 2.09. The van der Waals surface area contributed by atoms with Crippen LogP contribution in [0.5, 0.6) is 11.5 Å². The van der Waals surface area contributed by atoms with E-state index in [1.807, 2.05) is 6.07 Å². The largest absolute Gasteiger partial charge is 0.493 e. The van der Waals surface area contributed by atoms with Crippen LogP contribution in [0.1, 0.15) is 5.56 Å². The van der Waals surface area contributed by atoms with Crippen molar-refractivity contribution in [3.63, 3.8) is 0 Å². The molecule has 0 saturated heterocycles. The van der Waals surface area contributed by atoms with E-state index < -0.39 is 5.91 Å². The highest BCUT2D eigenvalue weighted by atomic mass is 16.5. The van der Waals surface area contributed by atoms with E-state index >= 15 is 0 Å². The first kappa shape index (κ1) is 15.3. The molecular weight excluding hydrogens is 256 g/mol. The van der Waals surface area contributed by atoms with Crippen molar-refractivity contribution >= 4 is 12.0 Å². The number of amides is 1. The van der Waals surface area contributed by atoms with Crippen molar-refractivity contribution in [1.82, 2.24) is 5.32 Å². The van der Waals surface area contributed by atoms with Crippen molar-refractivity contribution in [2.45, 2.75) is 0 Å². The van der Waals surface area contributed by atoms with Crippen LogP contribution in [0.15, 0.2) is 36.4 Å². The third-order valence-electron chi connectivity index (χ3n) is 2.49. The van der Waals surface area contributed by atoms with Gasteiger partial charge >= 0.3 is 0 Å². The molecule has 0 fully saturated rings. The maximum atomic E-state index is 11.7. The average Bonchev–Trinajstić information content (AvgIpc) is 2.49. The fourth-order valence-corrected chi connectivity index (χ4v) is 1.52. The molecule has 1 aromatic carbocycles. The van der Waals surface area contributed by atoms with Gasteiger partial charge in [-0.25, -0.2) is 0 Å². The van der Waals surface area contributed by atoms with E-state index in [0.717, 1.165) is 0 Å². The first-order chi connectivity index (χ1) is 9.65. The number of benzene rings is 1. The van der Waals surface area contributed by atoms with Gasteiger partial charge in [-0.1, -0.05) is 12.1 Å². The van der Waals surface area contributed by atoms with E-state index in [1.54, 1.807) is 24.3 Å². The molecule has 1 amide bonds. The SMILES string of the molecule is C=CCNC(=O)/C(C#N)=C/c1ccc(OC)c(OC)c1. The number of ether oxygens (including phenoxy) is 2. The summed E-state index contributed by atoms with van der Waals surface area (Å²) in [4.78, 5) is 11.7. The molecule has 0 bridgehead atoms. The van der Waals surface area contributed by atoms with E-state index in [1.165, 1.54) is 20.3 Å². The van der Waals surface area contributed by atoms with Crippen molar-refractivity contribution in [2.24, 2.45) is 0 Å². The first-order valence-corrected chi connectivity index (χ1v) is 5.89. The number of hydrogen-bond donors (Lipinski definition) is 1. The lowest BCUT2D eigenvalue weighted by atomic mass is 10.1. The zero-order valence-electron chi connectivity index (χ0n) is 11.5. The number of nitriles is 1. The minimum Gasteiger partial charge on any atom is -0.493 e. The second-order valence-electron chi connectivity index (χ2n) is 3.78. The molecule has 0 spiro atoms. The molecule has 0 unspecified atom stereocenters. The fourth-order valence-electron chi connectivity index (χ4n) is 1.52. The summed E-state index contributed by atoms with van der Waals surface area (Å²) in [5, 5.41) is 11.6. The van der Waals surface area contributed by atoms with Crippen LogP contribution in [-0.2, 0) is 4.79 Å². The second-order valence-corrected chi connectivity index (χ2v) is 3.78. The summed E-state index contributed by atoms with van der Waals surface area (Å²) in [5.41, 5.74) is 0.687. The molecule has 1 rings (SSSR count). The molecule has 104 valence electrons. The van der Waals surface area contributed by atoms with Crippen molar-refractivity contribution in [2.75, 3.05) is 20.8 Å². The van der Waals surface area contributed by atoms with Crippen molar-refractivity contribution in [3.8, 4) is 17.6 Å². The van der Waals surface area contributed by atoms with Crippen LogP contribution in [0, 0.1) is 11.3 Å². The molecule has 1 aromatic rings. The van der Waals surface area contributed by atoms with Crippen molar-refractivity contribution in [1.29, 1.82) is 5.26 Å². The number of hydrogen-bond acceptors (Lipinski definition) is 4. The van der Waals surface area contributed by atoms with Crippen LogP contribution >= 0.6 is 0 Å². The van der Waals surface area contributed by atoms with Gasteiger partial charge in [0, 0.05) is 6.54 Å². The highest BCUT2D eigenvalue weighted by molar-refractivity contribution is 6.01.